The van der Waals surface area contributed by atoms with E-state index in [4.69, 9.17) is 23.2 Å². The summed E-state index contributed by atoms with van der Waals surface area (Å²) in [6.45, 7) is 0. The van der Waals surface area contributed by atoms with E-state index in [2.05, 4.69) is 5.32 Å². The van der Waals surface area contributed by atoms with E-state index in [-0.39, 0.29) is 18.2 Å². The average Bonchev–Trinajstić information content (AvgIpc) is 3.12. The summed E-state index contributed by atoms with van der Waals surface area (Å²) in [6, 6.07) is 4.69. The van der Waals surface area contributed by atoms with Gasteiger partial charge in [-0.2, -0.15) is 0 Å². The Hall–Kier alpha value is -1.10. The fraction of sp³-hybridized carbons (Fsp3) is 0.385. The lowest BCUT2D eigenvalue weighted by molar-refractivity contribution is -0.121. The topological polar surface area (TPSA) is 49.4 Å². The van der Waals surface area contributed by atoms with E-state index in [0.29, 0.717) is 21.8 Å². The first-order valence-corrected chi connectivity index (χ1v) is 6.90. The molecule has 0 bridgehead atoms. The lowest BCUT2D eigenvalue weighted by atomic mass is 10.2. The van der Waals surface area contributed by atoms with Crippen LogP contribution in [-0.2, 0) is 9.59 Å². The number of benzene rings is 1. The first kappa shape index (κ1) is 12.9. The Bertz CT molecular complexity index is 558. The molecule has 1 saturated carbocycles. The van der Waals surface area contributed by atoms with Gasteiger partial charge in [0.15, 0.2) is 0 Å². The smallest absolute Gasteiger partial charge is 0.251 e. The van der Waals surface area contributed by atoms with Crippen molar-refractivity contribution in [1.82, 2.24) is 5.32 Å². The number of rotatable bonds is 3. The Morgan fingerprint density at radius 3 is 2.63 bits per heavy atom. The molecular formula is C13H12Cl2N2O2. The molecule has 2 fully saturated rings. The lowest BCUT2D eigenvalue weighted by Crippen LogP contribution is -2.39. The van der Waals surface area contributed by atoms with Crippen molar-refractivity contribution in [3.8, 4) is 0 Å². The van der Waals surface area contributed by atoms with E-state index in [1.54, 1.807) is 18.2 Å². The third kappa shape index (κ3) is 2.48. The molecule has 1 aromatic carbocycles. The monoisotopic (exact) mass is 298 g/mol. The summed E-state index contributed by atoms with van der Waals surface area (Å²) in [5, 5.41) is 3.97. The predicted molar refractivity (Wildman–Crippen MR) is 73.5 cm³/mol. The van der Waals surface area contributed by atoms with Gasteiger partial charge >= 0.3 is 0 Å². The van der Waals surface area contributed by atoms with E-state index in [1.165, 1.54) is 0 Å². The molecule has 1 aliphatic heterocycles. The zero-order valence-corrected chi connectivity index (χ0v) is 11.5. The Kier molecular flexibility index (Phi) is 3.25. The Morgan fingerprint density at radius 1 is 1.21 bits per heavy atom. The van der Waals surface area contributed by atoms with Crippen molar-refractivity contribution in [3.05, 3.63) is 28.2 Å². The Balaban J connectivity index is 1.89. The van der Waals surface area contributed by atoms with Crippen LogP contribution in [0.1, 0.15) is 19.3 Å². The van der Waals surface area contributed by atoms with Crippen LogP contribution < -0.4 is 10.2 Å². The second-order valence-corrected chi connectivity index (χ2v) is 5.70. The fourth-order valence-electron chi connectivity index (χ4n) is 2.21. The van der Waals surface area contributed by atoms with Crippen molar-refractivity contribution in [2.45, 2.75) is 31.3 Å². The number of nitrogens with zero attached hydrogens (tertiary/aromatic N) is 1. The van der Waals surface area contributed by atoms with Crippen LogP contribution in [0.4, 0.5) is 5.69 Å². The first-order chi connectivity index (χ1) is 9.06. The number of amides is 2. The zero-order valence-electron chi connectivity index (χ0n) is 10.0. The van der Waals surface area contributed by atoms with Gasteiger partial charge in [0.1, 0.15) is 0 Å². The van der Waals surface area contributed by atoms with Gasteiger partial charge in [-0.3, -0.25) is 9.59 Å². The molecular weight excluding hydrogens is 287 g/mol. The highest BCUT2D eigenvalue weighted by atomic mass is 35.5. The van der Waals surface area contributed by atoms with Gasteiger partial charge in [-0.05, 0) is 31.0 Å². The van der Waals surface area contributed by atoms with Crippen molar-refractivity contribution in [1.29, 1.82) is 0 Å². The minimum atomic E-state index is -0.435. The summed E-state index contributed by atoms with van der Waals surface area (Å²) in [4.78, 5) is 25.4. The first-order valence-electron chi connectivity index (χ1n) is 6.14. The molecule has 1 N–H and O–H groups in total. The number of halogens is 2. The van der Waals surface area contributed by atoms with Crippen LogP contribution in [0.3, 0.4) is 0 Å². The van der Waals surface area contributed by atoms with Gasteiger partial charge in [0.25, 0.3) is 5.91 Å². The molecule has 0 aromatic heterocycles. The molecule has 0 spiro atoms. The molecule has 4 nitrogen and oxygen atoms in total. The van der Waals surface area contributed by atoms with Crippen molar-refractivity contribution in [2.24, 2.45) is 0 Å². The summed E-state index contributed by atoms with van der Waals surface area (Å²) in [5.41, 5.74) is 0.365. The highest BCUT2D eigenvalue weighted by Crippen LogP contribution is 2.33. The molecule has 19 heavy (non-hydrogen) atoms. The van der Waals surface area contributed by atoms with Crippen LogP contribution in [0.5, 0.6) is 0 Å². The van der Waals surface area contributed by atoms with E-state index in [1.807, 2.05) is 0 Å². The Morgan fingerprint density at radius 2 is 1.95 bits per heavy atom. The second kappa shape index (κ2) is 4.78. The lowest BCUT2D eigenvalue weighted by Gasteiger charge is -2.17. The van der Waals surface area contributed by atoms with Crippen LogP contribution in [0.2, 0.25) is 10.0 Å². The van der Waals surface area contributed by atoms with E-state index < -0.39 is 6.04 Å². The molecule has 1 saturated heterocycles. The van der Waals surface area contributed by atoms with Crippen LogP contribution >= 0.6 is 23.2 Å². The van der Waals surface area contributed by atoms with Gasteiger partial charge in [-0.15, -0.1) is 0 Å². The maximum Gasteiger partial charge on any atom is 0.251 e. The molecule has 1 aromatic rings. The molecule has 2 amide bonds. The van der Waals surface area contributed by atoms with Crippen LogP contribution in [0.25, 0.3) is 0 Å². The third-order valence-electron chi connectivity index (χ3n) is 3.31. The quantitative estimate of drug-likeness (QED) is 0.872. The summed E-state index contributed by atoms with van der Waals surface area (Å²) < 4.78 is 0. The number of anilines is 1. The number of imide groups is 1. The highest BCUT2D eigenvalue weighted by Gasteiger charge is 2.42. The van der Waals surface area contributed by atoms with Gasteiger partial charge < -0.3 is 5.32 Å². The van der Waals surface area contributed by atoms with Gasteiger partial charge in [-0.25, -0.2) is 4.90 Å². The normalized spacial score (nSPS) is 23.3. The number of carbonyl (C=O) groups is 2. The largest absolute Gasteiger partial charge is 0.303 e. The number of carbonyl (C=O) groups excluding carboxylic acids is 2. The maximum atomic E-state index is 12.3. The summed E-state index contributed by atoms with van der Waals surface area (Å²) in [5.74, 6) is -0.492. The second-order valence-electron chi connectivity index (χ2n) is 4.86. The van der Waals surface area contributed by atoms with E-state index in [0.717, 1.165) is 17.7 Å². The van der Waals surface area contributed by atoms with E-state index >= 15 is 0 Å². The van der Waals surface area contributed by atoms with E-state index in [9.17, 15) is 9.59 Å². The average molecular weight is 299 g/mol. The molecule has 100 valence electrons. The van der Waals surface area contributed by atoms with Crippen LogP contribution in [-0.4, -0.2) is 23.9 Å². The number of hydrogen-bond acceptors (Lipinski definition) is 3. The zero-order chi connectivity index (χ0) is 13.6. The predicted octanol–water partition coefficient (Wildman–Crippen LogP) is 2.38. The number of hydrogen-bond donors (Lipinski definition) is 1. The molecule has 1 heterocycles. The molecule has 6 heteroatoms. The van der Waals surface area contributed by atoms with Gasteiger partial charge in [-0.1, -0.05) is 23.2 Å². The highest BCUT2D eigenvalue weighted by molar-refractivity contribution is 6.37. The SMILES string of the molecule is O=C1CC(NC2CC2)C(=O)N1c1cc(Cl)ccc1Cl. The van der Waals surface area contributed by atoms with Gasteiger partial charge in [0, 0.05) is 11.1 Å². The summed E-state index contributed by atoms with van der Waals surface area (Å²) >= 11 is 11.9. The fourth-order valence-corrected chi connectivity index (χ4v) is 2.58. The van der Waals surface area contributed by atoms with Crippen LogP contribution in [0, 0.1) is 0 Å². The van der Waals surface area contributed by atoms with Crippen molar-refractivity contribution in [3.63, 3.8) is 0 Å². The summed E-state index contributed by atoms with van der Waals surface area (Å²) in [7, 11) is 0. The molecule has 2 aliphatic rings. The van der Waals surface area contributed by atoms with Crippen molar-refractivity contribution < 1.29 is 9.59 Å². The molecule has 1 atom stereocenters. The molecule has 1 aliphatic carbocycles. The molecule has 3 rings (SSSR count). The summed E-state index contributed by atoms with van der Waals surface area (Å²) in [6.07, 6.45) is 2.31. The van der Waals surface area contributed by atoms with Crippen molar-refractivity contribution >= 4 is 40.7 Å². The molecule has 0 radical (unpaired) electrons. The van der Waals surface area contributed by atoms with Gasteiger partial charge in [0.05, 0.1) is 23.2 Å². The Labute approximate surface area is 120 Å². The minimum absolute atomic E-state index is 0.179. The molecule has 1 unspecified atom stereocenters. The van der Waals surface area contributed by atoms with Crippen LogP contribution in [0.15, 0.2) is 18.2 Å². The maximum absolute atomic E-state index is 12.3. The number of nitrogens with one attached hydrogen (secondary N) is 1. The minimum Gasteiger partial charge on any atom is -0.303 e. The van der Waals surface area contributed by atoms with Crippen molar-refractivity contribution in [2.75, 3.05) is 4.90 Å². The van der Waals surface area contributed by atoms with Gasteiger partial charge in [0.2, 0.25) is 5.91 Å². The third-order valence-corrected chi connectivity index (χ3v) is 3.86. The standard InChI is InChI=1S/C13H12Cl2N2O2/c14-7-1-4-9(15)11(5-7)17-12(18)6-10(13(17)19)16-8-2-3-8/h1,4-5,8,10,16H,2-3,6H2.